The highest BCUT2D eigenvalue weighted by atomic mass is 32.2. The van der Waals surface area contributed by atoms with Gasteiger partial charge < -0.3 is 8.92 Å². The van der Waals surface area contributed by atoms with Crippen LogP contribution >= 0.6 is 0 Å². The number of para-hydroxylation sites is 1. The van der Waals surface area contributed by atoms with Crippen LogP contribution in [0.3, 0.4) is 0 Å². The lowest BCUT2D eigenvalue weighted by Gasteiger charge is -2.18. The molecule has 1 aliphatic rings. The number of fused-ring (bicyclic) bond motifs is 1. The molecule has 110 valence electrons. The first kappa shape index (κ1) is 14.8. The van der Waals surface area contributed by atoms with Gasteiger partial charge in [-0.15, -0.1) is 0 Å². The standard InChI is InChI=1S/C12H14O7S/c1-16-18-11(13)7-9-3-2-4-10-8-17-5-6-20(14,15)19-12(9)10/h2-4H,5-8H2,1H3. The topological polar surface area (TPSA) is 88.1 Å². The average molecular weight is 302 g/mol. The Morgan fingerprint density at radius 2 is 2.20 bits per heavy atom. The number of hydrogen-bond donors (Lipinski definition) is 0. The van der Waals surface area contributed by atoms with Gasteiger partial charge in [0.05, 0.1) is 26.7 Å². The molecule has 0 saturated carbocycles. The first-order valence-corrected chi connectivity index (χ1v) is 7.44. The molecule has 0 bridgehead atoms. The summed E-state index contributed by atoms with van der Waals surface area (Å²) in [5.41, 5.74) is 0.967. The number of ether oxygens (including phenoxy) is 1. The van der Waals surface area contributed by atoms with E-state index in [0.29, 0.717) is 11.1 Å². The molecule has 0 spiro atoms. The summed E-state index contributed by atoms with van der Waals surface area (Å²) in [5, 5.41) is 0. The van der Waals surface area contributed by atoms with E-state index < -0.39 is 16.1 Å². The predicted octanol–water partition coefficient (Wildman–Crippen LogP) is 0.572. The molecule has 0 radical (unpaired) electrons. The van der Waals surface area contributed by atoms with Crippen LogP contribution in [0.5, 0.6) is 5.75 Å². The molecule has 0 fully saturated rings. The molecule has 7 nitrogen and oxygen atoms in total. The van der Waals surface area contributed by atoms with Gasteiger partial charge in [0.1, 0.15) is 5.75 Å². The summed E-state index contributed by atoms with van der Waals surface area (Å²) in [6.45, 7) is 0.287. The second kappa shape index (κ2) is 6.21. The first-order chi connectivity index (χ1) is 9.52. The fourth-order valence-electron chi connectivity index (χ4n) is 1.79. The lowest BCUT2D eigenvalue weighted by atomic mass is 10.1. The van der Waals surface area contributed by atoms with Crippen LogP contribution in [0, 0.1) is 0 Å². The monoisotopic (exact) mass is 302 g/mol. The number of carbonyl (C=O) groups excluding carboxylic acids is 1. The third kappa shape index (κ3) is 3.69. The Morgan fingerprint density at radius 3 is 2.95 bits per heavy atom. The van der Waals surface area contributed by atoms with Crippen molar-refractivity contribution in [2.75, 3.05) is 19.5 Å². The van der Waals surface area contributed by atoms with E-state index in [9.17, 15) is 13.2 Å². The van der Waals surface area contributed by atoms with Crippen molar-refractivity contribution in [3.05, 3.63) is 29.3 Å². The van der Waals surface area contributed by atoms with Crippen molar-refractivity contribution in [3.63, 3.8) is 0 Å². The van der Waals surface area contributed by atoms with Gasteiger partial charge in [0.2, 0.25) is 0 Å². The van der Waals surface area contributed by atoms with Crippen LogP contribution in [0.4, 0.5) is 0 Å². The zero-order valence-electron chi connectivity index (χ0n) is 10.8. The Kier molecular flexibility index (Phi) is 4.58. The number of rotatable bonds is 3. The van der Waals surface area contributed by atoms with Gasteiger partial charge in [0, 0.05) is 11.1 Å². The molecule has 0 atom stereocenters. The highest BCUT2D eigenvalue weighted by Crippen LogP contribution is 2.28. The van der Waals surface area contributed by atoms with E-state index in [1.165, 1.54) is 7.11 Å². The van der Waals surface area contributed by atoms with Crippen molar-refractivity contribution >= 4 is 16.1 Å². The molecule has 1 aliphatic heterocycles. The van der Waals surface area contributed by atoms with Crippen molar-refractivity contribution in [1.82, 2.24) is 0 Å². The minimum absolute atomic E-state index is 0.0672. The van der Waals surface area contributed by atoms with Gasteiger partial charge in [-0.05, 0) is 0 Å². The fourth-order valence-corrected chi connectivity index (χ4v) is 2.66. The SMILES string of the molecule is COOC(=O)Cc1cccc2c1OS(=O)(=O)CCOC2. The number of benzene rings is 1. The quantitative estimate of drug-likeness (QED) is 0.458. The summed E-state index contributed by atoms with van der Waals surface area (Å²) in [5.74, 6) is -0.756. The summed E-state index contributed by atoms with van der Waals surface area (Å²) in [6, 6.07) is 4.96. The van der Waals surface area contributed by atoms with Gasteiger partial charge >= 0.3 is 16.1 Å². The van der Waals surface area contributed by atoms with E-state index in [1.807, 2.05) is 0 Å². The van der Waals surface area contributed by atoms with Crippen molar-refractivity contribution in [2.24, 2.45) is 0 Å². The lowest BCUT2D eigenvalue weighted by Crippen LogP contribution is -2.22. The number of hydrogen-bond acceptors (Lipinski definition) is 7. The van der Waals surface area contributed by atoms with Crippen LogP contribution in [0.15, 0.2) is 18.2 Å². The largest absolute Gasteiger partial charge is 0.382 e. The van der Waals surface area contributed by atoms with Gasteiger partial charge in [-0.3, -0.25) is 4.89 Å². The molecule has 1 aromatic carbocycles. The van der Waals surface area contributed by atoms with Crippen molar-refractivity contribution in [1.29, 1.82) is 0 Å². The predicted molar refractivity (Wildman–Crippen MR) is 67.3 cm³/mol. The van der Waals surface area contributed by atoms with E-state index in [1.54, 1.807) is 18.2 Å². The van der Waals surface area contributed by atoms with Crippen molar-refractivity contribution in [3.8, 4) is 5.75 Å². The fraction of sp³-hybridized carbons (Fsp3) is 0.417. The van der Waals surface area contributed by atoms with Crippen LogP contribution < -0.4 is 4.18 Å². The molecule has 0 unspecified atom stereocenters. The van der Waals surface area contributed by atoms with Crippen LogP contribution in [-0.4, -0.2) is 33.9 Å². The smallest absolute Gasteiger partial charge is 0.346 e. The Hall–Kier alpha value is -1.64. The van der Waals surface area contributed by atoms with Crippen molar-refractivity contribution in [2.45, 2.75) is 13.0 Å². The Bertz CT molecular complexity index is 594. The highest BCUT2D eigenvalue weighted by Gasteiger charge is 2.23. The molecule has 2 rings (SSSR count). The molecule has 0 N–H and O–H groups in total. The number of carbonyl (C=O) groups is 1. The van der Waals surface area contributed by atoms with E-state index in [0.717, 1.165) is 0 Å². The minimum atomic E-state index is -3.73. The van der Waals surface area contributed by atoms with E-state index in [-0.39, 0.29) is 31.1 Å². The third-order valence-corrected chi connectivity index (χ3v) is 3.72. The molecular weight excluding hydrogens is 288 g/mol. The molecule has 20 heavy (non-hydrogen) atoms. The summed E-state index contributed by atoms with van der Waals surface area (Å²) in [6.07, 6.45) is -0.160. The maximum absolute atomic E-state index is 11.7. The molecule has 1 heterocycles. The van der Waals surface area contributed by atoms with Gasteiger partial charge in [-0.2, -0.15) is 13.3 Å². The Morgan fingerprint density at radius 1 is 1.40 bits per heavy atom. The summed E-state index contributed by atoms with van der Waals surface area (Å²) < 4.78 is 33.7. The summed E-state index contributed by atoms with van der Waals surface area (Å²) >= 11 is 0. The third-order valence-electron chi connectivity index (χ3n) is 2.63. The molecule has 0 amide bonds. The van der Waals surface area contributed by atoms with Gasteiger partial charge in [0.15, 0.2) is 5.75 Å². The maximum Gasteiger partial charge on any atom is 0.346 e. The van der Waals surface area contributed by atoms with Crippen LogP contribution in [0.2, 0.25) is 0 Å². The molecule has 8 heteroatoms. The Balaban J connectivity index is 2.34. The van der Waals surface area contributed by atoms with Crippen LogP contribution in [0.1, 0.15) is 11.1 Å². The Labute approximate surface area is 116 Å². The summed E-state index contributed by atoms with van der Waals surface area (Å²) in [4.78, 5) is 20.1. The summed E-state index contributed by atoms with van der Waals surface area (Å²) in [7, 11) is -2.52. The lowest BCUT2D eigenvalue weighted by molar-refractivity contribution is -0.254. The maximum atomic E-state index is 11.7. The van der Waals surface area contributed by atoms with Crippen LogP contribution in [0.25, 0.3) is 0 Å². The molecule has 0 saturated heterocycles. The van der Waals surface area contributed by atoms with E-state index in [4.69, 9.17) is 8.92 Å². The van der Waals surface area contributed by atoms with Gasteiger partial charge in [-0.1, -0.05) is 18.2 Å². The van der Waals surface area contributed by atoms with E-state index >= 15 is 0 Å². The molecular formula is C12H14O7S. The van der Waals surface area contributed by atoms with Crippen LogP contribution in [-0.2, 0) is 42.5 Å². The average Bonchev–Trinajstić information content (AvgIpc) is 2.36. The van der Waals surface area contributed by atoms with Gasteiger partial charge in [-0.25, -0.2) is 4.79 Å². The normalized spacial score (nSPS) is 17.2. The zero-order valence-corrected chi connectivity index (χ0v) is 11.6. The zero-order chi connectivity index (χ0) is 14.6. The van der Waals surface area contributed by atoms with Crippen molar-refractivity contribution < 1.29 is 31.9 Å². The second-order valence-corrected chi connectivity index (χ2v) is 5.79. The molecule has 0 aliphatic carbocycles. The second-order valence-electron chi connectivity index (χ2n) is 4.10. The molecule has 1 aromatic rings. The first-order valence-electron chi connectivity index (χ1n) is 5.86. The minimum Gasteiger partial charge on any atom is -0.382 e. The highest BCUT2D eigenvalue weighted by molar-refractivity contribution is 7.87. The van der Waals surface area contributed by atoms with Gasteiger partial charge in [0.25, 0.3) is 0 Å². The molecule has 0 aromatic heterocycles. The van der Waals surface area contributed by atoms with E-state index in [2.05, 4.69) is 9.78 Å².